The summed E-state index contributed by atoms with van der Waals surface area (Å²) in [6.45, 7) is 0.652. The van der Waals surface area contributed by atoms with E-state index in [1.165, 1.54) is 11.4 Å². The first kappa shape index (κ1) is 22.2. The fraction of sp³-hybridized carbons (Fsp3) is 0.923. The molecule has 2 fully saturated rings. The number of halogens is 3. The maximum Gasteiger partial charge on any atom is 0.511 e. The Labute approximate surface area is 157 Å². The fourth-order valence-corrected chi connectivity index (χ4v) is 5.53. The molecule has 2 saturated heterocycles. The summed E-state index contributed by atoms with van der Waals surface area (Å²) < 4.78 is 85.8. The third kappa shape index (κ3) is 5.45. The minimum absolute atomic E-state index is 0.152. The monoisotopic (exact) mass is 435 g/mol. The first-order chi connectivity index (χ1) is 12.5. The van der Waals surface area contributed by atoms with E-state index in [0.717, 1.165) is 0 Å². The van der Waals surface area contributed by atoms with Crippen LogP contribution in [0.4, 0.5) is 13.2 Å². The molecular weight excluding hydrogens is 411 g/mol. The van der Waals surface area contributed by atoms with Crippen LogP contribution in [0.2, 0.25) is 0 Å². The summed E-state index contributed by atoms with van der Waals surface area (Å²) in [6, 6.07) is -0.230. The number of aliphatic imine (C=N–C) groups is 1. The van der Waals surface area contributed by atoms with Crippen molar-refractivity contribution in [3.05, 3.63) is 0 Å². The van der Waals surface area contributed by atoms with Crippen LogP contribution in [0.15, 0.2) is 4.99 Å². The molecule has 0 spiro atoms. The molecule has 158 valence electrons. The molecule has 2 N–H and O–H groups in total. The molecule has 27 heavy (non-hydrogen) atoms. The molecule has 9 nitrogen and oxygen atoms in total. The van der Waals surface area contributed by atoms with Gasteiger partial charge in [-0.15, -0.1) is 0 Å². The lowest BCUT2D eigenvalue weighted by molar-refractivity contribution is -0.0494. The predicted octanol–water partition coefficient (Wildman–Crippen LogP) is -0.499. The van der Waals surface area contributed by atoms with Gasteiger partial charge in [-0.1, -0.05) is 0 Å². The summed E-state index contributed by atoms with van der Waals surface area (Å²) in [7, 11) is -6.95. The largest absolute Gasteiger partial charge is 0.511 e. The van der Waals surface area contributed by atoms with Crippen molar-refractivity contribution in [3.63, 3.8) is 0 Å². The summed E-state index contributed by atoms with van der Waals surface area (Å²) in [5.74, 6) is 0.545. The van der Waals surface area contributed by atoms with Gasteiger partial charge in [0.2, 0.25) is 10.0 Å². The topological polar surface area (TPSA) is 111 Å². The van der Waals surface area contributed by atoms with Crippen molar-refractivity contribution >= 4 is 26.0 Å². The van der Waals surface area contributed by atoms with Crippen LogP contribution < -0.4 is 10.6 Å². The SMILES string of the molecule is CN=C(NCCN1CCCS1(=O)=O)NC1CCN(S(=O)(=O)C(F)(F)F)CC1. The van der Waals surface area contributed by atoms with E-state index in [9.17, 15) is 30.0 Å². The van der Waals surface area contributed by atoms with Crippen molar-refractivity contribution in [2.75, 3.05) is 45.5 Å². The van der Waals surface area contributed by atoms with E-state index in [4.69, 9.17) is 0 Å². The molecule has 0 aromatic heterocycles. The van der Waals surface area contributed by atoms with Crippen molar-refractivity contribution in [1.82, 2.24) is 19.2 Å². The van der Waals surface area contributed by atoms with Crippen molar-refractivity contribution in [2.45, 2.75) is 30.8 Å². The van der Waals surface area contributed by atoms with Crippen molar-refractivity contribution in [2.24, 2.45) is 4.99 Å². The summed E-state index contributed by atoms with van der Waals surface area (Å²) in [5, 5.41) is 6.00. The number of rotatable bonds is 5. The van der Waals surface area contributed by atoms with Crippen molar-refractivity contribution < 1.29 is 30.0 Å². The summed E-state index contributed by atoms with van der Waals surface area (Å²) in [6.07, 6.45) is 1.02. The molecule has 0 saturated carbocycles. The molecule has 0 bridgehead atoms. The Bertz CT molecular complexity index is 746. The maximum absolute atomic E-state index is 12.6. The Morgan fingerprint density at radius 1 is 1.22 bits per heavy atom. The molecule has 0 radical (unpaired) electrons. The molecule has 0 aromatic rings. The highest BCUT2D eigenvalue weighted by atomic mass is 32.2. The zero-order valence-corrected chi connectivity index (χ0v) is 16.5. The van der Waals surface area contributed by atoms with Crippen LogP contribution in [0.5, 0.6) is 0 Å². The van der Waals surface area contributed by atoms with Gasteiger partial charge in [-0.05, 0) is 19.3 Å². The van der Waals surface area contributed by atoms with E-state index >= 15 is 0 Å². The van der Waals surface area contributed by atoms with Crippen LogP contribution in [-0.2, 0) is 20.0 Å². The van der Waals surface area contributed by atoms with Gasteiger partial charge < -0.3 is 10.6 Å². The molecule has 0 aliphatic carbocycles. The number of nitrogens with zero attached hydrogens (tertiary/aromatic N) is 3. The second-order valence-electron chi connectivity index (χ2n) is 6.34. The molecule has 0 aromatic carbocycles. The number of alkyl halides is 3. The zero-order chi connectivity index (χ0) is 20.3. The Balaban J connectivity index is 1.78. The van der Waals surface area contributed by atoms with Gasteiger partial charge >= 0.3 is 15.5 Å². The lowest BCUT2D eigenvalue weighted by atomic mass is 10.1. The Kier molecular flexibility index (Phi) is 6.97. The second kappa shape index (κ2) is 8.49. The van der Waals surface area contributed by atoms with Crippen LogP contribution in [0.1, 0.15) is 19.3 Å². The first-order valence-electron chi connectivity index (χ1n) is 8.49. The van der Waals surface area contributed by atoms with Gasteiger partial charge in [-0.25, -0.2) is 21.1 Å². The molecule has 2 rings (SSSR count). The van der Waals surface area contributed by atoms with Crippen molar-refractivity contribution in [3.8, 4) is 0 Å². The predicted molar refractivity (Wildman–Crippen MR) is 94.0 cm³/mol. The van der Waals surface area contributed by atoms with Gasteiger partial charge in [0.1, 0.15) is 0 Å². The third-order valence-electron chi connectivity index (χ3n) is 4.51. The molecule has 0 unspecified atom stereocenters. The van der Waals surface area contributed by atoms with Crippen LogP contribution in [0, 0.1) is 0 Å². The quantitative estimate of drug-likeness (QED) is 0.445. The molecular formula is C13H24F3N5O4S2. The highest BCUT2D eigenvalue weighted by Gasteiger charge is 2.50. The second-order valence-corrected chi connectivity index (χ2v) is 10.4. The molecule has 2 aliphatic rings. The van der Waals surface area contributed by atoms with Gasteiger partial charge in [-0.2, -0.15) is 17.5 Å². The van der Waals surface area contributed by atoms with Crippen LogP contribution in [-0.4, -0.2) is 88.5 Å². The number of guanidine groups is 1. The van der Waals surface area contributed by atoms with E-state index < -0.39 is 25.6 Å². The fourth-order valence-electron chi connectivity index (χ4n) is 3.02. The molecule has 2 heterocycles. The minimum atomic E-state index is -5.29. The van der Waals surface area contributed by atoms with Crippen LogP contribution in [0.3, 0.4) is 0 Å². The maximum atomic E-state index is 12.6. The lowest BCUT2D eigenvalue weighted by Gasteiger charge is -2.32. The van der Waals surface area contributed by atoms with Gasteiger partial charge in [0.05, 0.1) is 5.75 Å². The summed E-state index contributed by atoms with van der Waals surface area (Å²) in [5.41, 5.74) is -5.29. The highest BCUT2D eigenvalue weighted by molar-refractivity contribution is 7.90. The molecule has 0 amide bonds. The number of nitrogens with one attached hydrogen (secondary N) is 2. The summed E-state index contributed by atoms with van der Waals surface area (Å²) in [4.78, 5) is 4.00. The number of piperidine rings is 1. The zero-order valence-electron chi connectivity index (χ0n) is 14.9. The normalized spacial score (nSPS) is 23.5. The Morgan fingerprint density at radius 2 is 1.85 bits per heavy atom. The number of sulfonamides is 2. The van der Waals surface area contributed by atoms with E-state index in [1.807, 2.05) is 0 Å². The highest BCUT2D eigenvalue weighted by Crippen LogP contribution is 2.28. The number of hydrogen-bond acceptors (Lipinski definition) is 5. The van der Waals surface area contributed by atoms with E-state index in [2.05, 4.69) is 15.6 Å². The Morgan fingerprint density at radius 3 is 2.33 bits per heavy atom. The van der Waals surface area contributed by atoms with E-state index in [-0.39, 0.29) is 37.7 Å². The number of hydrogen-bond donors (Lipinski definition) is 2. The molecule has 2 aliphatic heterocycles. The van der Waals surface area contributed by atoms with E-state index in [0.29, 0.717) is 36.3 Å². The Hall–Kier alpha value is -1.12. The lowest BCUT2D eigenvalue weighted by Crippen LogP contribution is -2.52. The summed E-state index contributed by atoms with van der Waals surface area (Å²) >= 11 is 0. The minimum Gasteiger partial charge on any atom is -0.355 e. The van der Waals surface area contributed by atoms with Crippen molar-refractivity contribution in [1.29, 1.82) is 0 Å². The average molecular weight is 435 g/mol. The molecule has 14 heteroatoms. The average Bonchev–Trinajstić information content (AvgIpc) is 2.92. The van der Waals surface area contributed by atoms with Gasteiger partial charge in [0, 0.05) is 45.8 Å². The van der Waals surface area contributed by atoms with E-state index in [1.54, 1.807) is 0 Å². The van der Waals surface area contributed by atoms with Gasteiger partial charge in [0.15, 0.2) is 5.96 Å². The standard InChI is InChI=1S/C13H24F3N5O4S2/c1-17-12(18-5-9-20-6-2-10-26(20,22)23)19-11-3-7-21(8-4-11)27(24,25)13(14,15)16/h11H,2-10H2,1H3,(H2,17,18,19). The van der Waals surface area contributed by atoms with Gasteiger partial charge in [-0.3, -0.25) is 4.99 Å². The first-order valence-corrected chi connectivity index (χ1v) is 11.5. The van der Waals surface area contributed by atoms with Crippen LogP contribution >= 0.6 is 0 Å². The van der Waals surface area contributed by atoms with Gasteiger partial charge in [0.25, 0.3) is 0 Å². The molecule has 0 atom stereocenters. The third-order valence-corrected chi connectivity index (χ3v) is 8.09. The smallest absolute Gasteiger partial charge is 0.355 e. The van der Waals surface area contributed by atoms with Crippen LogP contribution in [0.25, 0.3) is 0 Å².